The summed E-state index contributed by atoms with van der Waals surface area (Å²) in [6.07, 6.45) is 2.38. The first-order chi connectivity index (χ1) is 9.72. The van der Waals surface area contributed by atoms with Crippen LogP contribution >= 0.6 is 15.9 Å². The molecule has 0 aromatic carbocycles. The predicted molar refractivity (Wildman–Crippen MR) is 79.7 cm³/mol. The highest BCUT2D eigenvalue weighted by Gasteiger charge is 2.22. The number of hydrogen-bond donors (Lipinski definition) is 1. The van der Waals surface area contributed by atoms with Crippen molar-refractivity contribution in [2.45, 2.75) is 4.90 Å². The van der Waals surface area contributed by atoms with Crippen molar-refractivity contribution in [3.8, 4) is 0 Å². The van der Waals surface area contributed by atoms with Gasteiger partial charge in [0.1, 0.15) is 5.82 Å². The van der Waals surface area contributed by atoms with Crippen molar-refractivity contribution >= 4 is 31.8 Å². The molecule has 21 heavy (non-hydrogen) atoms. The lowest BCUT2D eigenvalue weighted by molar-refractivity contribution is 0.589. The zero-order valence-electron chi connectivity index (χ0n) is 11.1. The molecule has 0 aliphatic carbocycles. The van der Waals surface area contributed by atoms with Crippen LogP contribution in [-0.2, 0) is 24.1 Å². The fourth-order valence-electron chi connectivity index (χ4n) is 1.61. The summed E-state index contributed by atoms with van der Waals surface area (Å²) in [6, 6.07) is 3.08. The molecule has 0 bridgehead atoms. The van der Waals surface area contributed by atoms with Gasteiger partial charge in [0, 0.05) is 31.0 Å². The van der Waals surface area contributed by atoms with Gasteiger partial charge in [0.25, 0.3) is 15.6 Å². The van der Waals surface area contributed by atoms with Gasteiger partial charge >= 0.3 is 5.69 Å². The molecule has 0 radical (unpaired) electrons. The van der Waals surface area contributed by atoms with E-state index in [0.717, 1.165) is 15.3 Å². The van der Waals surface area contributed by atoms with Gasteiger partial charge in [0.15, 0.2) is 4.90 Å². The minimum atomic E-state index is -4.15. The maximum absolute atomic E-state index is 12.3. The third kappa shape index (κ3) is 3.05. The molecule has 0 atom stereocenters. The number of sulfonamides is 1. The fraction of sp³-hybridized carbons (Fsp3) is 0.182. The molecule has 2 rings (SSSR count). The van der Waals surface area contributed by atoms with Gasteiger partial charge in [-0.2, -0.15) is 0 Å². The minimum absolute atomic E-state index is 0.0558. The van der Waals surface area contributed by atoms with Crippen LogP contribution in [0.2, 0.25) is 0 Å². The second-order valence-corrected chi connectivity index (χ2v) is 6.78. The minimum Gasteiger partial charge on any atom is -0.302 e. The Balaban J connectivity index is 2.56. The Kier molecular flexibility index (Phi) is 4.01. The van der Waals surface area contributed by atoms with E-state index in [1.54, 1.807) is 6.07 Å². The van der Waals surface area contributed by atoms with Crippen LogP contribution in [0.4, 0.5) is 5.82 Å². The lowest BCUT2D eigenvalue weighted by Gasteiger charge is -2.09. The molecule has 10 heteroatoms. The summed E-state index contributed by atoms with van der Waals surface area (Å²) < 4.78 is 29.1. The van der Waals surface area contributed by atoms with Crippen molar-refractivity contribution in [1.82, 2.24) is 14.1 Å². The van der Waals surface area contributed by atoms with E-state index < -0.39 is 26.2 Å². The first-order valence-electron chi connectivity index (χ1n) is 5.63. The van der Waals surface area contributed by atoms with E-state index in [9.17, 15) is 18.0 Å². The van der Waals surface area contributed by atoms with Crippen molar-refractivity contribution in [3.05, 3.63) is 49.8 Å². The topological polar surface area (TPSA) is 103 Å². The maximum atomic E-state index is 12.3. The standard InChI is InChI=1S/C11H11BrN4O4S/c1-15-6-8(10(17)16(2)11(15)18)21(19,20)14-9-5-7(12)3-4-13-9/h3-6H,1-2H3,(H,13,14). The van der Waals surface area contributed by atoms with Crippen LogP contribution < -0.4 is 16.0 Å². The Hall–Kier alpha value is -1.94. The average Bonchev–Trinajstić information content (AvgIpc) is 2.40. The van der Waals surface area contributed by atoms with E-state index in [0.29, 0.717) is 4.47 Å². The quantitative estimate of drug-likeness (QED) is 0.816. The van der Waals surface area contributed by atoms with Crippen molar-refractivity contribution in [2.24, 2.45) is 14.1 Å². The summed E-state index contributed by atoms with van der Waals surface area (Å²) in [4.78, 5) is 26.8. The normalized spacial score (nSPS) is 11.4. The molecule has 2 aromatic heterocycles. The Morgan fingerprint density at radius 2 is 1.95 bits per heavy atom. The van der Waals surface area contributed by atoms with Gasteiger partial charge < -0.3 is 4.57 Å². The molecule has 112 valence electrons. The average molecular weight is 375 g/mol. The van der Waals surface area contributed by atoms with Gasteiger partial charge in [-0.3, -0.25) is 14.1 Å². The van der Waals surface area contributed by atoms with Crippen LogP contribution in [-0.4, -0.2) is 22.5 Å². The molecule has 2 heterocycles. The summed E-state index contributed by atoms with van der Waals surface area (Å²) in [5.74, 6) is 0.0558. The van der Waals surface area contributed by atoms with Gasteiger partial charge in [-0.15, -0.1) is 0 Å². The molecule has 0 saturated carbocycles. The van der Waals surface area contributed by atoms with E-state index in [-0.39, 0.29) is 5.82 Å². The summed E-state index contributed by atoms with van der Waals surface area (Å²) in [6.45, 7) is 0. The second-order valence-electron chi connectivity index (χ2n) is 4.22. The van der Waals surface area contributed by atoms with Gasteiger partial charge in [-0.25, -0.2) is 18.2 Å². The SMILES string of the molecule is Cn1cc(S(=O)(=O)Nc2cc(Br)ccn2)c(=O)n(C)c1=O. The molecule has 1 N–H and O–H groups in total. The van der Waals surface area contributed by atoms with E-state index in [2.05, 4.69) is 25.6 Å². The first kappa shape index (κ1) is 15.4. The number of pyridine rings is 1. The smallest absolute Gasteiger partial charge is 0.302 e. The van der Waals surface area contributed by atoms with E-state index in [4.69, 9.17) is 0 Å². The van der Waals surface area contributed by atoms with Crippen molar-refractivity contribution < 1.29 is 8.42 Å². The van der Waals surface area contributed by atoms with Crippen LogP contribution in [0.1, 0.15) is 0 Å². The number of rotatable bonds is 3. The van der Waals surface area contributed by atoms with Gasteiger partial charge in [0.2, 0.25) is 0 Å². The highest BCUT2D eigenvalue weighted by molar-refractivity contribution is 9.10. The molecule has 0 aliphatic rings. The van der Waals surface area contributed by atoms with Crippen molar-refractivity contribution in [1.29, 1.82) is 0 Å². The number of aryl methyl sites for hydroxylation is 1. The van der Waals surface area contributed by atoms with Crippen molar-refractivity contribution in [2.75, 3.05) is 4.72 Å². The Morgan fingerprint density at radius 1 is 1.29 bits per heavy atom. The molecule has 2 aromatic rings. The largest absolute Gasteiger partial charge is 0.330 e. The number of nitrogens with zero attached hydrogens (tertiary/aromatic N) is 3. The molecule has 0 spiro atoms. The van der Waals surface area contributed by atoms with E-state index in [1.165, 1.54) is 26.4 Å². The zero-order chi connectivity index (χ0) is 15.8. The Bertz CT molecular complexity index is 917. The van der Waals surface area contributed by atoms with E-state index in [1.807, 2.05) is 0 Å². The van der Waals surface area contributed by atoms with Crippen LogP contribution in [0.25, 0.3) is 0 Å². The molecule has 0 amide bonds. The Labute approximate surface area is 128 Å². The van der Waals surface area contributed by atoms with Crippen molar-refractivity contribution in [3.63, 3.8) is 0 Å². The second kappa shape index (κ2) is 5.45. The molecule has 8 nitrogen and oxygen atoms in total. The third-order valence-corrected chi connectivity index (χ3v) is 4.50. The van der Waals surface area contributed by atoms with Crippen LogP contribution in [0.15, 0.2) is 43.5 Å². The summed E-state index contributed by atoms with van der Waals surface area (Å²) >= 11 is 3.19. The van der Waals surface area contributed by atoms with Crippen LogP contribution in [0, 0.1) is 0 Å². The highest BCUT2D eigenvalue weighted by atomic mass is 79.9. The third-order valence-electron chi connectivity index (χ3n) is 2.67. The number of nitrogens with one attached hydrogen (secondary N) is 1. The fourth-order valence-corrected chi connectivity index (χ4v) is 3.11. The molecule has 0 fully saturated rings. The molecular formula is C11H11BrN4O4S. The summed E-state index contributed by atoms with van der Waals surface area (Å²) in [5, 5.41) is 0. The highest BCUT2D eigenvalue weighted by Crippen LogP contribution is 2.15. The summed E-state index contributed by atoms with van der Waals surface area (Å²) in [7, 11) is -1.58. The number of anilines is 1. The number of aromatic nitrogens is 3. The molecule has 0 aliphatic heterocycles. The van der Waals surface area contributed by atoms with Gasteiger partial charge in [0.05, 0.1) is 0 Å². The number of hydrogen-bond acceptors (Lipinski definition) is 5. The lowest BCUT2D eigenvalue weighted by atomic mass is 10.5. The van der Waals surface area contributed by atoms with Crippen LogP contribution in [0.5, 0.6) is 0 Å². The zero-order valence-corrected chi connectivity index (χ0v) is 13.5. The lowest BCUT2D eigenvalue weighted by Crippen LogP contribution is -2.40. The van der Waals surface area contributed by atoms with Gasteiger partial charge in [-0.1, -0.05) is 15.9 Å². The van der Waals surface area contributed by atoms with Gasteiger partial charge in [-0.05, 0) is 12.1 Å². The molecule has 0 saturated heterocycles. The summed E-state index contributed by atoms with van der Waals surface area (Å²) in [5.41, 5.74) is -1.51. The van der Waals surface area contributed by atoms with Crippen LogP contribution in [0.3, 0.4) is 0 Å². The Morgan fingerprint density at radius 3 is 2.57 bits per heavy atom. The first-order valence-corrected chi connectivity index (χ1v) is 7.91. The maximum Gasteiger partial charge on any atom is 0.330 e. The molecular weight excluding hydrogens is 364 g/mol. The van der Waals surface area contributed by atoms with E-state index >= 15 is 0 Å². The predicted octanol–water partition coefficient (Wildman–Crippen LogP) is 0.0423. The number of halogens is 1. The monoisotopic (exact) mass is 374 g/mol. The molecule has 0 unspecified atom stereocenters.